The van der Waals surface area contributed by atoms with Gasteiger partial charge in [0, 0.05) is 37.2 Å². The van der Waals surface area contributed by atoms with Crippen molar-refractivity contribution in [1.29, 1.82) is 5.41 Å². The first-order valence-electron chi connectivity index (χ1n) is 5.72. The maximum absolute atomic E-state index is 7.59. The van der Waals surface area contributed by atoms with E-state index in [2.05, 4.69) is 9.88 Å². The molecular formula is C14H16N4. The van der Waals surface area contributed by atoms with Gasteiger partial charge in [0.2, 0.25) is 0 Å². The smallest absolute Gasteiger partial charge is 0.124 e. The number of hydrogen-bond donors (Lipinski definition) is 2. The lowest BCUT2D eigenvalue weighted by atomic mass is 10.1. The van der Waals surface area contributed by atoms with Crippen molar-refractivity contribution in [2.75, 3.05) is 11.9 Å². The Hall–Kier alpha value is -2.36. The van der Waals surface area contributed by atoms with Crippen molar-refractivity contribution in [3.63, 3.8) is 0 Å². The summed E-state index contributed by atoms with van der Waals surface area (Å²) >= 11 is 0. The number of nitrogens with two attached hydrogens (primary N) is 1. The lowest BCUT2D eigenvalue weighted by molar-refractivity contribution is 0.918. The van der Waals surface area contributed by atoms with E-state index in [4.69, 9.17) is 11.1 Å². The molecule has 0 spiro atoms. The van der Waals surface area contributed by atoms with Gasteiger partial charge in [-0.3, -0.25) is 10.4 Å². The second kappa shape index (κ2) is 5.31. The molecule has 0 atom stereocenters. The molecule has 4 nitrogen and oxygen atoms in total. The second-order valence-corrected chi connectivity index (χ2v) is 4.14. The minimum Gasteiger partial charge on any atom is -0.384 e. The number of anilines is 1. The van der Waals surface area contributed by atoms with E-state index >= 15 is 0 Å². The fourth-order valence-electron chi connectivity index (χ4n) is 1.88. The van der Waals surface area contributed by atoms with Crippen LogP contribution in [0.4, 0.5) is 5.69 Å². The highest BCUT2D eigenvalue weighted by molar-refractivity contribution is 6.00. The molecule has 0 unspecified atom stereocenters. The minimum atomic E-state index is 0.0900. The fourth-order valence-corrected chi connectivity index (χ4v) is 1.88. The molecule has 0 aliphatic carbocycles. The molecule has 0 bridgehead atoms. The molecule has 0 amide bonds. The number of amidine groups is 1. The molecule has 92 valence electrons. The predicted molar refractivity (Wildman–Crippen MR) is 73.8 cm³/mol. The van der Waals surface area contributed by atoms with E-state index in [-0.39, 0.29) is 5.84 Å². The highest BCUT2D eigenvalue weighted by Crippen LogP contribution is 2.20. The number of pyridine rings is 1. The van der Waals surface area contributed by atoms with E-state index in [1.807, 2.05) is 43.4 Å². The first-order valence-corrected chi connectivity index (χ1v) is 5.72. The Morgan fingerprint density at radius 2 is 1.89 bits per heavy atom. The first-order chi connectivity index (χ1) is 8.68. The molecule has 1 heterocycles. The van der Waals surface area contributed by atoms with Gasteiger partial charge in [-0.05, 0) is 29.8 Å². The zero-order valence-electron chi connectivity index (χ0n) is 10.3. The van der Waals surface area contributed by atoms with E-state index in [1.165, 1.54) is 5.56 Å². The second-order valence-electron chi connectivity index (χ2n) is 4.14. The summed E-state index contributed by atoms with van der Waals surface area (Å²) in [5.41, 5.74) is 8.48. The normalized spacial score (nSPS) is 10.1. The van der Waals surface area contributed by atoms with E-state index in [0.717, 1.165) is 17.8 Å². The Morgan fingerprint density at radius 1 is 1.22 bits per heavy atom. The molecule has 2 rings (SSSR count). The van der Waals surface area contributed by atoms with Gasteiger partial charge in [-0.15, -0.1) is 0 Å². The molecule has 18 heavy (non-hydrogen) atoms. The quantitative estimate of drug-likeness (QED) is 0.634. The number of nitrogens with one attached hydrogen (secondary N) is 1. The van der Waals surface area contributed by atoms with Crippen LogP contribution in [0.2, 0.25) is 0 Å². The van der Waals surface area contributed by atoms with Crippen LogP contribution in [0.1, 0.15) is 11.1 Å². The minimum absolute atomic E-state index is 0.0900. The summed E-state index contributed by atoms with van der Waals surface area (Å²) in [4.78, 5) is 6.07. The van der Waals surface area contributed by atoms with Crippen LogP contribution in [0.5, 0.6) is 0 Å². The summed E-state index contributed by atoms with van der Waals surface area (Å²) in [5, 5.41) is 7.59. The average Bonchev–Trinajstić information content (AvgIpc) is 2.40. The fraction of sp³-hybridized carbons (Fsp3) is 0.143. The molecule has 1 aromatic heterocycles. The number of aromatic nitrogens is 1. The molecule has 0 aliphatic heterocycles. The lowest BCUT2D eigenvalue weighted by Gasteiger charge is -2.22. The van der Waals surface area contributed by atoms with Crippen LogP contribution >= 0.6 is 0 Å². The molecule has 2 aromatic rings. The molecule has 0 fully saturated rings. The van der Waals surface area contributed by atoms with Gasteiger partial charge in [0.15, 0.2) is 0 Å². The zero-order valence-corrected chi connectivity index (χ0v) is 10.3. The third kappa shape index (κ3) is 2.66. The number of para-hydroxylation sites is 1. The molecule has 1 aromatic carbocycles. The first kappa shape index (κ1) is 12.1. The maximum Gasteiger partial charge on any atom is 0.124 e. The Bertz CT molecular complexity index is 537. The van der Waals surface area contributed by atoms with E-state index < -0.39 is 0 Å². The number of nitrogen functional groups attached to an aromatic ring is 1. The van der Waals surface area contributed by atoms with E-state index in [1.54, 1.807) is 12.4 Å². The van der Waals surface area contributed by atoms with Crippen molar-refractivity contribution in [3.8, 4) is 0 Å². The lowest BCUT2D eigenvalue weighted by Crippen LogP contribution is -2.21. The topological polar surface area (TPSA) is 66.0 Å². The van der Waals surface area contributed by atoms with Gasteiger partial charge in [-0.1, -0.05) is 12.1 Å². The molecular weight excluding hydrogens is 224 g/mol. The van der Waals surface area contributed by atoms with Crippen LogP contribution in [0.3, 0.4) is 0 Å². The third-order valence-electron chi connectivity index (χ3n) is 2.77. The maximum atomic E-state index is 7.59. The third-order valence-corrected chi connectivity index (χ3v) is 2.77. The molecule has 4 heteroatoms. The summed E-state index contributed by atoms with van der Waals surface area (Å²) < 4.78 is 0. The van der Waals surface area contributed by atoms with Gasteiger partial charge >= 0.3 is 0 Å². The van der Waals surface area contributed by atoms with Crippen LogP contribution < -0.4 is 10.6 Å². The highest BCUT2D eigenvalue weighted by Gasteiger charge is 2.09. The summed E-state index contributed by atoms with van der Waals surface area (Å²) in [6, 6.07) is 11.6. The monoisotopic (exact) mass is 240 g/mol. The number of nitrogens with zero attached hydrogens (tertiary/aromatic N) is 2. The summed E-state index contributed by atoms with van der Waals surface area (Å²) in [5.74, 6) is 0.0900. The van der Waals surface area contributed by atoms with E-state index in [9.17, 15) is 0 Å². The number of hydrogen-bond acceptors (Lipinski definition) is 3. The largest absolute Gasteiger partial charge is 0.384 e. The van der Waals surface area contributed by atoms with Gasteiger partial charge in [-0.2, -0.15) is 0 Å². The van der Waals surface area contributed by atoms with Gasteiger partial charge in [0.05, 0.1) is 0 Å². The molecule has 0 saturated heterocycles. The highest BCUT2D eigenvalue weighted by atomic mass is 15.1. The van der Waals surface area contributed by atoms with Crippen molar-refractivity contribution in [3.05, 3.63) is 59.9 Å². The average molecular weight is 240 g/mol. The standard InChI is InChI=1S/C14H16N4/c1-18(10-11-6-8-17-9-7-11)13-5-3-2-4-12(13)14(15)16/h2-9H,10H2,1H3,(H3,15,16). The zero-order chi connectivity index (χ0) is 13.0. The Balaban J connectivity index is 2.24. The summed E-state index contributed by atoms with van der Waals surface area (Å²) in [6.45, 7) is 0.757. The predicted octanol–water partition coefficient (Wildman–Crippen LogP) is 2.00. The Morgan fingerprint density at radius 3 is 2.56 bits per heavy atom. The summed E-state index contributed by atoms with van der Waals surface area (Å²) in [7, 11) is 1.99. The number of rotatable bonds is 4. The Labute approximate surface area is 107 Å². The molecule has 0 radical (unpaired) electrons. The summed E-state index contributed by atoms with van der Waals surface area (Å²) in [6.07, 6.45) is 3.56. The van der Waals surface area contributed by atoms with Gasteiger partial charge in [0.25, 0.3) is 0 Å². The van der Waals surface area contributed by atoms with Crippen LogP contribution in [0.25, 0.3) is 0 Å². The SMILES string of the molecule is CN(Cc1ccncc1)c1ccccc1C(=N)N. The van der Waals surface area contributed by atoms with Gasteiger partial charge in [-0.25, -0.2) is 0 Å². The van der Waals surface area contributed by atoms with Crippen molar-refractivity contribution in [2.45, 2.75) is 6.54 Å². The van der Waals surface area contributed by atoms with Crippen molar-refractivity contribution in [1.82, 2.24) is 4.98 Å². The molecule has 0 aliphatic rings. The van der Waals surface area contributed by atoms with E-state index in [0.29, 0.717) is 0 Å². The van der Waals surface area contributed by atoms with Crippen molar-refractivity contribution < 1.29 is 0 Å². The van der Waals surface area contributed by atoms with Crippen LogP contribution in [-0.2, 0) is 6.54 Å². The van der Waals surface area contributed by atoms with Crippen LogP contribution in [0.15, 0.2) is 48.8 Å². The van der Waals surface area contributed by atoms with Crippen LogP contribution in [0, 0.1) is 5.41 Å². The van der Waals surface area contributed by atoms with Gasteiger partial charge < -0.3 is 10.6 Å². The van der Waals surface area contributed by atoms with Gasteiger partial charge in [0.1, 0.15) is 5.84 Å². The van der Waals surface area contributed by atoms with Crippen molar-refractivity contribution >= 4 is 11.5 Å². The van der Waals surface area contributed by atoms with Crippen molar-refractivity contribution in [2.24, 2.45) is 5.73 Å². The number of benzene rings is 1. The molecule has 0 saturated carbocycles. The molecule has 3 N–H and O–H groups in total. The Kier molecular flexibility index (Phi) is 3.57. The van der Waals surface area contributed by atoms with Crippen LogP contribution in [-0.4, -0.2) is 17.9 Å².